The van der Waals surface area contributed by atoms with E-state index >= 15 is 0 Å². The van der Waals surface area contributed by atoms with Crippen molar-refractivity contribution < 1.29 is 19.7 Å². The Morgan fingerprint density at radius 1 is 1.18 bits per heavy atom. The maximum absolute atomic E-state index is 11.4. The monoisotopic (exact) mass is 300 g/mol. The van der Waals surface area contributed by atoms with Crippen LogP contribution in [0.15, 0.2) is 36.4 Å². The minimum atomic E-state index is -1.10. The normalized spacial score (nSPS) is 12.0. The number of phenols is 1. The summed E-state index contributed by atoms with van der Waals surface area (Å²) in [4.78, 5) is 11.4. The molecule has 0 aliphatic rings. The fourth-order valence-electron chi connectivity index (χ4n) is 2.75. The summed E-state index contributed by atoms with van der Waals surface area (Å²) in [5, 5.41) is 19.2. The number of carbonyl (C=O) groups is 1. The van der Waals surface area contributed by atoms with Crippen LogP contribution < -0.4 is 4.74 Å². The van der Waals surface area contributed by atoms with Crippen LogP contribution in [0.25, 0.3) is 0 Å². The maximum atomic E-state index is 11.4. The second-order valence-corrected chi connectivity index (χ2v) is 5.18. The van der Waals surface area contributed by atoms with E-state index in [0.29, 0.717) is 12.0 Å². The zero-order valence-corrected chi connectivity index (χ0v) is 13.0. The summed E-state index contributed by atoms with van der Waals surface area (Å²) in [5.74, 6) is -0.476. The number of hydrogen-bond donors (Lipinski definition) is 2. The lowest BCUT2D eigenvalue weighted by atomic mass is 9.86. The third kappa shape index (κ3) is 2.91. The Labute approximate surface area is 130 Å². The predicted molar refractivity (Wildman–Crippen MR) is 85.0 cm³/mol. The summed E-state index contributed by atoms with van der Waals surface area (Å²) in [5.41, 5.74) is 2.66. The number of carboxylic acids is 1. The number of hydrogen-bond acceptors (Lipinski definition) is 3. The SMILES string of the molecule is CCc1c(C(C)c2ccc(OC)cc2)ccc(O)c1C(=O)O. The molecule has 1 unspecified atom stereocenters. The van der Waals surface area contributed by atoms with E-state index in [9.17, 15) is 15.0 Å². The molecule has 0 fully saturated rings. The molecule has 4 nitrogen and oxygen atoms in total. The highest BCUT2D eigenvalue weighted by molar-refractivity contribution is 5.93. The van der Waals surface area contributed by atoms with Gasteiger partial charge in [0.1, 0.15) is 17.1 Å². The number of methoxy groups -OCH3 is 1. The lowest BCUT2D eigenvalue weighted by molar-refractivity contribution is 0.0692. The predicted octanol–water partition coefficient (Wildman–Crippen LogP) is 3.81. The summed E-state index contributed by atoms with van der Waals surface area (Å²) in [6.07, 6.45) is 0.547. The first kappa shape index (κ1) is 15.9. The van der Waals surface area contributed by atoms with Crippen molar-refractivity contribution >= 4 is 5.97 Å². The van der Waals surface area contributed by atoms with E-state index in [1.807, 2.05) is 38.1 Å². The van der Waals surface area contributed by atoms with Gasteiger partial charge in [-0.3, -0.25) is 0 Å². The average Bonchev–Trinajstić information content (AvgIpc) is 2.53. The van der Waals surface area contributed by atoms with Crippen molar-refractivity contribution in [2.75, 3.05) is 7.11 Å². The van der Waals surface area contributed by atoms with Gasteiger partial charge in [0.15, 0.2) is 0 Å². The number of rotatable bonds is 5. The third-order valence-electron chi connectivity index (χ3n) is 3.98. The van der Waals surface area contributed by atoms with Gasteiger partial charge in [-0.2, -0.15) is 0 Å². The van der Waals surface area contributed by atoms with Gasteiger partial charge in [0.25, 0.3) is 0 Å². The first-order valence-electron chi connectivity index (χ1n) is 7.21. The summed E-state index contributed by atoms with van der Waals surface area (Å²) >= 11 is 0. The van der Waals surface area contributed by atoms with E-state index in [2.05, 4.69) is 0 Å². The van der Waals surface area contributed by atoms with Gasteiger partial charge in [0, 0.05) is 5.92 Å². The van der Waals surface area contributed by atoms with E-state index in [-0.39, 0.29) is 17.2 Å². The van der Waals surface area contributed by atoms with Crippen molar-refractivity contribution in [3.05, 3.63) is 58.7 Å². The molecule has 0 bridgehead atoms. The lowest BCUT2D eigenvalue weighted by Crippen LogP contribution is -2.08. The van der Waals surface area contributed by atoms with Crippen molar-refractivity contribution in [3.63, 3.8) is 0 Å². The van der Waals surface area contributed by atoms with Gasteiger partial charge in [-0.15, -0.1) is 0 Å². The average molecular weight is 300 g/mol. The molecule has 0 saturated carbocycles. The number of benzene rings is 2. The smallest absolute Gasteiger partial charge is 0.339 e. The quantitative estimate of drug-likeness (QED) is 0.881. The zero-order chi connectivity index (χ0) is 16.3. The van der Waals surface area contributed by atoms with Crippen LogP contribution >= 0.6 is 0 Å². The molecule has 2 aromatic rings. The van der Waals surface area contributed by atoms with E-state index in [4.69, 9.17) is 4.74 Å². The fraction of sp³-hybridized carbons (Fsp3) is 0.278. The Morgan fingerprint density at radius 2 is 1.82 bits per heavy atom. The van der Waals surface area contributed by atoms with Crippen LogP contribution in [0.2, 0.25) is 0 Å². The van der Waals surface area contributed by atoms with Crippen molar-refractivity contribution in [1.29, 1.82) is 0 Å². The van der Waals surface area contributed by atoms with Crippen molar-refractivity contribution in [2.45, 2.75) is 26.2 Å². The van der Waals surface area contributed by atoms with E-state index in [0.717, 1.165) is 16.9 Å². The Hall–Kier alpha value is -2.49. The molecule has 0 aliphatic carbocycles. The number of carboxylic acid groups (broad SMARTS) is 1. The molecule has 2 rings (SSSR count). The van der Waals surface area contributed by atoms with Gasteiger partial charge in [-0.25, -0.2) is 4.79 Å². The van der Waals surface area contributed by atoms with E-state index < -0.39 is 5.97 Å². The number of aromatic hydroxyl groups is 1. The fourth-order valence-corrected chi connectivity index (χ4v) is 2.75. The first-order valence-corrected chi connectivity index (χ1v) is 7.21. The molecule has 0 saturated heterocycles. The van der Waals surface area contributed by atoms with Crippen LogP contribution in [-0.4, -0.2) is 23.3 Å². The highest BCUT2D eigenvalue weighted by atomic mass is 16.5. The van der Waals surface area contributed by atoms with Crippen LogP contribution in [0, 0.1) is 0 Å². The molecule has 0 aromatic heterocycles. The minimum Gasteiger partial charge on any atom is -0.507 e. The molecule has 4 heteroatoms. The Bertz CT molecular complexity index is 674. The van der Waals surface area contributed by atoms with E-state index in [1.54, 1.807) is 13.2 Å². The molecule has 2 aromatic carbocycles. The van der Waals surface area contributed by atoms with Gasteiger partial charge >= 0.3 is 5.97 Å². The molecule has 2 N–H and O–H groups in total. The molecule has 0 radical (unpaired) electrons. The van der Waals surface area contributed by atoms with Crippen LogP contribution in [-0.2, 0) is 6.42 Å². The largest absolute Gasteiger partial charge is 0.507 e. The lowest BCUT2D eigenvalue weighted by Gasteiger charge is -2.19. The summed E-state index contributed by atoms with van der Waals surface area (Å²) < 4.78 is 5.16. The van der Waals surface area contributed by atoms with Crippen LogP contribution in [0.4, 0.5) is 0 Å². The highest BCUT2D eigenvalue weighted by Crippen LogP contribution is 2.33. The molecule has 1 atom stereocenters. The van der Waals surface area contributed by atoms with Crippen LogP contribution in [0.1, 0.15) is 46.8 Å². The number of aromatic carboxylic acids is 1. The molecule has 0 aliphatic heterocycles. The Balaban J connectivity index is 2.50. The maximum Gasteiger partial charge on any atom is 0.339 e. The second-order valence-electron chi connectivity index (χ2n) is 5.18. The Morgan fingerprint density at radius 3 is 2.32 bits per heavy atom. The van der Waals surface area contributed by atoms with Crippen LogP contribution in [0.3, 0.4) is 0 Å². The van der Waals surface area contributed by atoms with Crippen molar-refractivity contribution in [1.82, 2.24) is 0 Å². The number of ether oxygens (including phenoxy) is 1. The third-order valence-corrected chi connectivity index (χ3v) is 3.98. The summed E-state index contributed by atoms with van der Waals surface area (Å²) in [7, 11) is 1.62. The van der Waals surface area contributed by atoms with Gasteiger partial charge in [-0.1, -0.05) is 32.0 Å². The molecule has 0 spiro atoms. The first-order chi connectivity index (χ1) is 10.5. The molecule has 22 heavy (non-hydrogen) atoms. The molecule has 0 amide bonds. The summed E-state index contributed by atoms with van der Waals surface area (Å²) in [6, 6.07) is 11.0. The highest BCUT2D eigenvalue weighted by Gasteiger charge is 2.21. The van der Waals surface area contributed by atoms with Gasteiger partial charge in [-0.05, 0) is 41.3 Å². The van der Waals surface area contributed by atoms with Gasteiger partial charge in [0.05, 0.1) is 7.11 Å². The van der Waals surface area contributed by atoms with Crippen LogP contribution in [0.5, 0.6) is 11.5 Å². The molecular formula is C18H20O4. The molecule has 0 heterocycles. The minimum absolute atomic E-state index is 0.000335. The molecular weight excluding hydrogens is 280 g/mol. The van der Waals surface area contributed by atoms with E-state index in [1.165, 1.54) is 6.07 Å². The van der Waals surface area contributed by atoms with Gasteiger partial charge in [0.2, 0.25) is 0 Å². The topological polar surface area (TPSA) is 66.8 Å². The van der Waals surface area contributed by atoms with Crippen molar-refractivity contribution in [3.8, 4) is 11.5 Å². The summed E-state index contributed by atoms with van der Waals surface area (Å²) in [6.45, 7) is 3.92. The standard InChI is InChI=1S/C18H20O4/c1-4-14-15(9-10-16(19)17(14)18(20)21)11(2)12-5-7-13(22-3)8-6-12/h5-11,19H,4H2,1-3H3,(H,20,21). The van der Waals surface area contributed by atoms with Crippen molar-refractivity contribution in [2.24, 2.45) is 0 Å². The van der Waals surface area contributed by atoms with Gasteiger partial charge < -0.3 is 14.9 Å². The molecule has 116 valence electrons. The Kier molecular flexibility index (Phi) is 4.71. The second kappa shape index (κ2) is 6.52. The zero-order valence-electron chi connectivity index (χ0n) is 13.0.